The molecule has 0 unspecified atom stereocenters. The molecule has 0 radical (unpaired) electrons. The Bertz CT molecular complexity index is 2430. The quantitative estimate of drug-likeness (QED) is 0.187. The Morgan fingerprint density at radius 3 is 1.91 bits per heavy atom. The molecule has 3 heterocycles. The lowest BCUT2D eigenvalue weighted by molar-refractivity contribution is 1.18. The molecule has 1 aliphatic heterocycles. The van der Waals surface area contributed by atoms with Crippen LogP contribution in [-0.2, 0) is 0 Å². The normalized spacial score (nSPS) is 13.2. The van der Waals surface area contributed by atoms with Crippen molar-refractivity contribution in [3.05, 3.63) is 152 Å². The second-order valence-electron chi connectivity index (χ2n) is 12.7. The van der Waals surface area contributed by atoms with E-state index in [2.05, 4.69) is 169 Å². The first kappa shape index (κ1) is 26.8. The number of aromatic nitrogens is 3. The van der Waals surface area contributed by atoms with E-state index in [0.717, 1.165) is 28.3 Å². The van der Waals surface area contributed by atoms with Gasteiger partial charge in [0.15, 0.2) is 5.82 Å². The van der Waals surface area contributed by atoms with E-state index in [1.807, 2.05) is 0 Å². The second-order valence-corrected chi connectivity index (χ2v) is 16.9. The molecule has 0 saturated heterocycles. The van der Waals surface area contributed by atoms with Gasteiger partial charge in [-0.2, -0.15) is 0 Å². The van der Waals surface area contributed by atoms with Gasteiger partial charge in [-0.25, -0.2) is 9.97 Å². The highest BCUT2D eigenvalue weighted by Crippen LogP contribution is 2.38. The van der Waals surface area contributed by atoms with E-state index in [0.29, 0.717) is 0 Å². The monoisotopic (exact) mass is 605 g/mol. The Labute approximate surface area is 269 Å². The molecule has 0 amide bonds. The highest BCUT2D eigenvalue weighted by atomic mass is 28.3. The van der Waals surface area contributed by atoms with E-state index >= 15 is 0 Å². The van der Waals surface area contributed by atoms with Crippen molar-refractivity contribution in [3.63, 3.8) is 0 Å². The SMILES string of the molecule is C[Si]1(C)c2ccccc2-c2c(-c3ccc(-c4ccccc4)cc3)nc(-c3ccc4c(c3)c3ccccc3n4-c3ccccc3)nc21. The van der Waals surface area contributed by atoms with Crippen LogP contribution in [-0.4, -0.2) is 22.6 Å². The van der Waals surface area contributed by atoms with E-state index in [-0.39, 0.29) is 0 Å². The van der Waals surface area contributed by atoms with Gasteiger partial charge in [0.25, 0.3) is 0 Å². The van der Waals surface area contributed by atoms with Gasteiger partial charge >= 0.3 is 0 Å². The third-order valence-electron chi connectivity index (χ3n) is 9.58. The average molecular weight is 606 g/mol. The van der Waals surface area contributed by atoms with E-state index in [9.17, 15) is 0 Å². The van der Waals surface area contributed by atoms with Gasteiger partial charge in [0.2, 0.25) is 0 Å². The first-order valence-corrected chi connectivity index (χ1v) is 18.9. The maximum Gasteiger partial charge on any atom is 0.159 e. The molecule has 46 heavy (non-hydrogen) atoms. The predicted octanol–water partition coefficient (Wildman–Crippen LogP) is 9.38. The molecule has 0 bridgehead atoms. The molecule has 218 valence electrons. The zero-order valence-electron chi connectivity index (χ0n) is 25.8. The molecule has 0 atom stereocenters. The molecule has 3 nitrogen and oxygen atoms in total. The molecular weight excluding hydrogens is 575 g/mol. The molecule has 1 aliphatic rings. The minimum absolute atomic E-state index is 0.785. The van der Waals surface area contributed by atoms with E-state index in [1.54, 1.807) is 0 Å². The topological polar surface area (TPSA) is 30.7 Å². The van der Waals surface area contributed by atoms with Gasteiger partial charge in [0, 0.05) is 38.5 Å². The average Bonchev–Trinajstić information content (AvgIpc) is 3.57. The van der Waals surface area contributed by atoms with Crippen LogP contribution >= 0.6 is 0 Å². The Hall–Kier alpha value is -5.58. The summed E-state index contributed by atoms with van der Waals surface area (Å²) in [4.78, 5) is 10.8. The van der Waals surface area contributed by atoms with Gasteiger partial charge in [0.1, 0.15) is 8.07 Å². The fourth-order valence-electron chi connectivity index (χ4n) is 7.30. The Morgan fingerprint density at radius 2 is 1.11 bits per heavy atom. The maximum atomic E-state index is 5.44. The Morgan fingerprint density at radius 1 is 0.500 bits per heavy atom. The standard InChI is InChI=1S/C42H31N3Si/c1-46(2)38-20-12-10-18-34(38)39-40(30-23-21-29(22-24-30)28-13-5-3-6-14-28)43-41(44-42(39)46)31-25-26-37-35(27-31)33-17-9-11-19-36(33)45(37)32-15-7-4-8-16-32/h3-27H,1-2H3. The van der Waals surface area contributed by atoms with Crippen molar-refractivity contribution in [2.24, 2.45) is 0 Å². The molecular formula is C42H31N3Si. The summed E-state index contributed by atoms with van der Waals surface area (Å²) in [5.41, 5.74) is 11.6. The van der Waals surface area contributed by atoms with Crippen LogP contribution in [0.25, 0.3) is 72.4 Å². The molecule has 0 fully saturated rings. The number of benzene rings is 6. The van der Waals surface area contributed by atoms with E-state index < -0.39 is 8.07 Å². The van der Waals surface area contributed by atoms with Gasteiger partial charge in [0.05, 0.1) is 16.7 Å². The number of nitrogens with zero attached hydrogens (tertiary/aromatic N) is 3. The van der Waals surface area contributed by atoms with Gasteiger partial charge in [-0.15, -0.1) is 0 Å². The van der Waals surface area contributed by atoms with E-state index in [1.165, 1.54) is 54.6 Å². The lowest BCUT2D eigenvalue weighted by atomic mass is 9.98. The summed E-state index contributed by atoms with van der Waals surface area (Å²) in [6.07, 6.45) is 0. The fraction of sp³-hybridized carbons (Fsp3) is 0.0476. The van der Waals surface area contributed by atoms with Gasteiger partial charge in [-0.1, -0.05) is 128 Å². The van der Waals surface area contributed by atoms with Crippen LogP contribution in [0.2, 0.25) is 13.1 Å². The fourth-order valence-corrected chi connectivity index (χ4v) is 10.2. The van der Waals surface area contributed by atoms with Crippen molar-refractivity contribution in [1.29, 1.82) is 0 Å². The highest BCUT2D eigenvalue weighted by Gasteiger charge is 2.41. The molecule has 6 aromatic carbocycles. The van der Waals surface area contributed by atoms with Crippen LogP contribution < -0.4 is 10.5 Å². The molecule has 0 saturated carbocycles. The Kier molecular flexibility index (Phi) is 5.96. The predicted molar refractivity (Wildman–Crippen MR) is 195 cm³/mol. The maximum absolute atomic E-state index is 5.44. The van der Waals surface area contributed by atoms with Crippen molar-refractivity contribution >= 4 is 40.4 Å². The number of hydrogen-bond acceptors (Lipinski definition) is 2. The van der Waals surface area contributed by atoms with E-state index in [4.69, 9.17) is 9.97 Å². The molecule has 0 spiro atoms. The van der Waals surface area contributed by atoms with Crippen LogP contribution in [0.3, 0.4) is 0 Å². The van der Waals surface area contributed by atoms with Gasteiger partial charge < -0.3 is 4.57 Å². The van der Waals surface area contributed by atoms with Gasteiger partial charge in [-0.05, 0) is 58.3 Å². The van der Waals surface area contributed by atoms with Crippen LogP contribution in [0.15, 0.2) is 152 Å². The van der Waals surface area contributed by atoms with Crippen molar-refractivity contribution in [2.75, 3.05) is 0 Å². The van der Waals surface area contributed by atoms with Crippen LogP contribution in [0.5, 0.6) is 0 Å². The summed E-state index contributed by atoms with van der Waals surface area (Å²) in [7, 11) is -2.07. The molecule has 0 N–H and O–H groups in total. The third kappa shape index (κ3) is 4.04. The summed E-state index contributed by atoms with van der Waals surface area (Å²) in [5.74, 6) is 0.785. The smallest absolute Gasteiger partial charge is 0.159 e. The highest BCUT2D eigenvalue weighted by molar-refractivity contribution is 7.03. The van der Waals surface area contributed by atoms with Crippen molar-refractivity contribution < 1.29 is 0 Å². The van der Waals surface area contributed by atoms with Crippen molar-refractivity contribution in [3.8, 4) is 50.6 Å². The van der Waals surface area contributed by atoms with Crippen molar-refractivity contribution in [1.82, 2.24) is 14.5 Å². The Balaban J connectivity index is 1.27. The zero-order chi connectivity index (χ0) is 30.8. The minimum Gasteiger partial charge on any atom is -0.309 e. The summed E-state index contributed by atoms with van der Waals surface area (Å²) >= 11 is 0. The third-order valence-corrected chi connectivity index (χ3v) is 12.9. The van der Waals surface area contributed by atoms with Crippen LogP contribution in [0, 0.1) is 0 Å². The number of fused-ring (bicyclic) bond motifs is 6. The zero-order valence-corrected chi connectivity index (χ0v) is 26.8. The summed E-state index contributed by atoms with van der Waals surface area (Å²) < 4.78 is 2.35. The van der Waals surface area contributed by atoms with Gasteiger partial charge in [-0.3, -0.25) is 0 Å². The summed E-state index contributed by atoms with van der Waals surface area (Å²) in [5, 5.41) is 5.07. The first-order chi connectivity index (χ1) is 22.6. The molecule has 4 heteroatoms. The molecule has 8 aromatic rings. The van der Waals surface area contributed by atoms with Crippen molar-refractivity contribution in [2.45, 2.75) is 13.1 Å². The second kappa shape index (κ2) is 10.2. The van der Waals surface area contributed by atoms with Crippen LogP contribution in [0.4, 0.5) is 0 Å². The molecule has 9 rings (SSSR count). The lowest BCUT2D eigenvalue weighted by Crippen LogP contribution is -2.50. The summed E-state index contributed by atoms with van der Waals surface area (Å²) in [6, 6.07) is 54.3. The summed E-state index contributed by atoms with van der Waals surface area (Å²) in [6.45, 7) is 4.85. The number of para-hydroxylation sites is 2. The first-order valence-electron chi connectivity index (χ1n) is 15.9. The van der Waals surface area contributed by atoms with Crippen LogP contribution in [0.1, 0.15) is 0 Å². The lowest BCUT2D eigenvalue weighted by Gasteiger charge is -2.19. The largest absolute Gasteiger partial charge is 0.309 e. The molecule has 0 aliphatic carbocycles. The minimum atomic E-state index is -2.07. The molecule has 2 aromatic heterocycles. The number of rotatable bonds is 4. The number of hydrogen-bond donors (Lipinski definition) is 0.